The van der Waals surface area contributed by atoms with Crippen molar-refractivity contribution in [1.29, 1.82) is 0 Å². The van der Waals surface area contributed by atoms with E-state index in [1.807, 2.05) is 0 Å². The summed E-state index contributed by atoms with van der Waals surface area (Å²) in [5.41, 5.74) is -2.05. The Morgan fingerprint density at radius 3 is 1.30 bits per heavy atom. The number of halogens is 6. The maximum absolute atomic E-state index is 12.9. The van der Waals surface area contributed by atoms with Gasteiger partial charge in [0.15, 0.2) is 0 Å². The normalized spacial score (nSPS) is 12.4. The minimum atomic E-state index is -4.74. The molecule has 0 aliphatic rings. The first kappa shape index (κ1) is 19.1. The van der Waals surface area contributed by atoms with Crippen molar-refractivity contribution in [3.8, 4) is 32.4 Å². The monoisotopic (exact) mass is 404 g/mol. The molecule has 142 valence electrons. The van der Waals surface area contributed by atoms with E-state index >= 15 is 0 Å². The molecule has 1 heterocycles. The van der Waals surface area contributed by atoms with Crippen LogP contribution in [0.5, 0.6) is 11.5 Å². The molecule has 2 aromatic carbocycles. The third kappa shape index (κ3) is 3.87. The molecule has 0 amide bonds. The van der Waals surface area contributed by atoms with Crippen LogP contribution in [0, 0.1) is 0 Å². The fourth-order valence-electron chi connectivity index (χ4n) is 2.48. The van der Waals surface area contributed by atoms with Gasteiger partial charge in [0.1, 0.15) is 11.5 Å². The van der Waals surface area contributed by atoms with Crippen LogP contribution in [0.2, 0.25) is 0 Å². The molecule has 0 aliphatic carbocycles. The second kappa shape index (κ2) is 6.49. The van der Waals surface area contributed by atoms with Crippen molar-refractivity contribution in [1.82, 2.24) is 0 Å². The molecule has 27 heavy (non-hydrogen) atoms. The maximum Gasteiger partial charge on any atom is 0.419 e. The van der Waals surface area contributed by atoms with Gasteiger partial charge in [0, 0.05) is 9.75 Å². The molecule has 0 fully saturated rings. The number of phenolic OH excluding ortho intramolecular Hbond substituents is 2. The Kier molecular flexibility index (Phi) is 4.59. The van der Waals surface area contributed by atoms with Gasteiger partial charge in [0.25, 0.3) is 0 Å². The zero-order valence-electron chi connectivity index (χ0n) is 13.2. The zero-order valence-corrected chi connectivity index (χ0v) is 14.0. The van der Waals surface area contributed by atoms with E-state index in [1.54, 1.807) is 0 Å². The minimum Gasteiger partial charge on any atom is -0.507 e. The van der Waals surface area contributed by atoms with Crippen LogP contribution in [-0.4, -0.2) is 10.2 Å². The van der Waals surface area contributed by atoms with Gasteiger partial charge in [-0.15, -0.1) is 11.3 Å². The van der Waals surface area contributed by atoms with Crippen LogP contribution in [0.25, 0.3) is 20.9 Å². The van der Waals surface area contributed by atoms with Crippen LogP contribution in [0.3, 0.4) is 0 Å². The minimum absolute atomic E-state index is 0.172. The smallest absolute Gasteiger partial charge is 0.419 e. The lowest BCUT2D eigenvalue weighted by molar-refractivity contribution is -0.139. The van der Waals surface area contributed by atoms with Gasteiger partial charge in [-0.1, -0.05) is 0 Å². The molecule has 9 heteroatoms. The van der Waals surface area contributed by atoms with E-state index in [0.717, 1.165) is 35.6 Å². The fourth-order valence-corrected chi connectivity index (χ4v) is 3.48. The predicted octanol–water partition coefficient (Wildman–Crippen LogP) is 6.53. The summed E-state index contributed by atoms with van der Waals surface area (Å²) < 4.78 is 77.5. The molecule has 1 aromatic heterocycles. The Bertz CT molecular complexity index is 910. The third-order valence-corrected chi connectivity index (χ3v) is 4.96. The Labute approximate surface area is 152 Å². The highest BCUT2D eigenvalue weighted by Gasteiger charge is 2.35. The second-order valence-corrected chi connectivity index (χ2v) is 6.71. The first-order valence-corrected chi connectivity index (χ1v) is 8.19. The lowest BCUT2D eigenvalue weighted by Crippen LogP contribution is -2.05. The highest BCUT2D eigenvalue weighted by Crippen LogP contribution is 2.43. The van der Waals surface area contributed by atoms with Crippen molar-refractivity contribution in [3.63, 3.8) is 0 Å². The molecule has 0 bridgehead atoms. The number of phenols is 2. The van der Waals surface area contributed by atoms with E-state index in [9.17, 15) is 36.6 Å². The van der Waals surface area contributed by atoms with E-state index in [2.05, 4.69) is 0 Å². The summed E-state index contributed by atoms with van der Waals surface area (Å²) in [6.45, 7) is 0. The summed E-state index contributed by atoms with van der Waals surface area (Å²) >= 11 is 0.991. The lowest BCUT2D eigenvalue weighted by atomic mass is 10.1. The van der Waals surface area contributed by atoms with Gasteiger partial charge in [-0.2, -0.15) is 26.3 Å². The molecule has 2 nitrogen and oxygen atoms in total. The largest absolute Gasteiger partial charge is 0.507 e. The average molecular weight is 404 g/mol. The Morgan fingerprint density at radius 2 is 0.963 bits per heavy atom. The van der Waals surface area contributed by atoms with Crippen molar-refractivity contribution >= 4 is 11.3 Å². The van der Waals surface area contributed by atoms with Crippen molar-refractivity contribution in [2.24, 2.45) is 0 Å². The Hall–Kier alpha value is -2.68. The van der Waals surface area contributed by atoms with Gasteiger partial charge in [0.2, 0.25) is 0 Å². The van der Waals surface area contributed by atoms with Crippen molar-refractivity contribution in [2.75, 3.05) is 0 Å². The SMILES string of the molecule is Oc1ccc(-c2ccc(-c3ccc(O)c(C(F)(F)F)c3)s2)cc1C(F)(F)F. The number of rotatable bonds is 2. The van der Waals surface area contributed by atoms with Crippen molar-refractivity contribution < 1.29 is 36.6 Å². The van der Waals surface area contributed by atoms with Crippen LogP contribution in [0.1, 0.15) is 11.1 Å². The molecule has 3 rings (SSSR count). The van der Waals surface area contributed by atoms with Crippen LogP contribution in [0.4, 0.5) is 26.3 Å². The third-order valence-electron chi connectivity index (χ3n) is 3.78. The standard InChI is InChI=1S/C18H10F6O2S/c19-17(20,21)11-7-9(1-3-13(11)25)15-5-6-16(27-15)10-2-4-14(26)12(8-10)18(22,23)24/h1-8,25-26H. The van der Waals surface area contributed by atoms with Crippen molar-refractivity contribution in [3.05, 3.63) is 59.7 Å². The lowest BCUT2D eigenvalue weighted by Gasteiger charge is -2.10. The molecule has 0 unspecified atom stereocenters. The molecule has 0 aliphatic heterocycles. The first-order chi connectivity index (χ1) is 12.5. The highest BCUT2D eigenvalue weighted by atomic mass is 32.1. The van der Waals surface area contributed by atoms with Crippen LogP contribution in [-0.2, 0) is 12.4 Å². The summed E-state index contributed by atoms with van der Waals surface area (Å²) in [5, 5.41) is 18.8. The first-order valence-electron chi connectivity index (χ1n) is 7.38. The summed E-state index contributed by atoms with van der Waals surface area (Å²) in [5.74, 6) is -1.81. The summed E-state index contributed by atoms with van der Waals surface area (Å²) in [6.07, 6.45) is -9.47. The Morgan fingerprint density at radius 1 is 0.593 bits per heavy atom. The number of thiophene rings is 1. The molecule has 0 radical (unpaired) electrons. The van der Waals surface area contributed by atoms with E-state index < -0.39 is 35.0 Å². The average Bonchev–Trinajstić information content (AvgIpc) is 3.03. The van der Waals surface area contributed by atoms with Gasteiger partial charge < -0.3 is 10.2 Å². The zero-order chi connectivity index (χ0) is 20.0. The number of benzene rings is 2. The molecule has 0 atom stereocenters. The van der Waals surface area contributed by atoms with Gasteiger partial charge >= 0.3 is 12.4 Å². The summed E-state index contributed by atoms with van der Waals surface area (Å²) in [7, 11) is 0. The van der Waals surface area contributed by atoms with Gasteiger partial charge in [0.05, 0.1) is 11.1 Å². The quantitative estimate of drug-likeness (QED) is 0.477. The molecule has 0 spiro atoms. The molecule has 3 aromatic rings. The van der Waals surface area contributed by atoms with Crippen molar-refractivity contribution in [2.45, 2.75) is 12.4 Å². The topological polar surface area (TPSA) is 40.5 Å². The van der Waals surface area contributed by atoms with E-state index in [-0.39, 0.29) is 11.1 Å². The van der Waals surface area contributed by atoms with E-state index in [1.165, 1.54) is 24.3 Å². The van der Waals surface area contributed by atoms with Crippen LogP contribution < -0.4 is 0 Å². The van der Waals surface area contributed by atoms with Crippen LogP contribution >= 0.6 is 11.3 Å². The molecule has 0 saturated heterocycles. The second-order valence-electron chi connectivity index (χ2n) is 5.62. The number of alkyl halides is 6. The van der Waals surface area contributed by atoms with E-state index in [4.69, 9.17) is 0 Å². The highest BCUT2D eigenvalue weighted by molar-refractivity contribution is 7.18. The van der Waals surface area contributed by atoms with Gasteiger partial charge in [-0.25, -0.2) is 0 Å². The molecule has 0 saturated carbocycles. The predicted molar refractivity (Wildman–Crippen MR) is 88.5 cm³/mol. The summed E-state index contributed by atoms with van der Waals surface area (Å²) in [4.78, 5) is 0.772. The molecular formula is C18H10F6O2S. The number of hydrogen-bond acceptors (Lipinski definition) is 3. The number of aromatic hydroxyl groups is 2. The molecular weight excluding hydrogens is 394 g/mol. The van der Waals surface area contributed by atoms with E-state index in [0.29, 0.717) is 9.75 Å². The maximum atomic E-state index is 12.9. The van der Waals surface area contributed by atoms with Gasteiger partial charge in [-0.3, -0.25) is 0 Å². The van der Waals surface area contributed by atoms with Crippen LogP contribution in [0.15, 0.2) is 48.5 Å². The summed E-state index contributed by atoms with van der Waals surface area (Å²) in [6, 6.07) is 8.93. The number of hydrogen-bond donors (Lipinski definition) is 2. The molecule has 2 N–H and O–H groups in total. The Balaban J connectivity index is 2.02. The van der Waals surface area contributed by atoms with Gasteiger partial charge in [-0.05, 0) is 59.7 Å². The fraction of sp³-hybridized carbons (Fsp3) is 0.111.